The predicted molar refractivity (Wildman–Crippen MR) is 104 cm³/mol. The Morgan fingerprint density at radius 3 is 2.25 bits per heavy atom. The molecule has 0 saturated carbocycles. The fourth-order valence-corrected chi connectivity index (χ4v) is 2.81. The minimum atomic E-state index is -0.385. The molecule has 3 aromatic heterocycles. The van der Waals surface area contributed by atoms with Crippen molar-refractivity contribution < 1.29 is 9.59 Å². The van der Waals surface area contributed by atoms with Crippen LogP contribution < -0.4 is 10.6 Å². The standard InChI is InChI=1S/C17H21ClN8O2/c1-5-25-16(17(28)23-13-7-19-24(4)11(13)3)14(8-21-25)22-15(27)9-26-10(2)12(18)6-20-26/h6-8H,5,9H2,1-4H3,(H,22,27)(H,23,28). The molecule has 3 rings (SSSR count). The highest BCUT2D eigenvalue weighted by Crippen LogP contribution is 2.20. The van der Waals surface area contributed by atoms with Gasteiger partial charge in [0.25, 0.3) is 5.91 Å². The van der Waals surface area contributed by atoms with Crippen molar-refractivity contribution in [3.63, 3.8) is 0 Å². The molecule has 0 fully saturated rings. The molecule has 148 valence electrons. The number of halogens is 1. The van der Waals surface area contributed by atoms with Crippen molar-refractivity contribution in [1.82, 2.24) is 29.3 Å². The number of aromatic nitrogens is 6. The molecule has 0 aliphatic carbocycles. The van der Waals surface area contributed by atoms with Crippen LogP contribution in [-0.2, 0) is 24.9 Å². The van der Waals surface area contributed by atoms with Crippen molar-refractivity contribution in [1.29, 1.82) is 0 Å². The van der Waals surface area contributed by atoms with Crippen LogP contribution in [0.15, 0.2) is 18.6 Å². The summed E-state index contributed by atoms with van der Waals surface area (Å²) in [6.45, 7) is 5.92. The molecular weight excluding hydrogens is 384 g/mol. The third-order valence-electron chi connectivity index (χ3n) is 4.45. The Kier molecular flexibility index (Phi) is 5.50. The third kappa shape index (κ3) is 3.77. The van der Waals surface area contributed by atoms with Gasteiger partial charge in [0.15, 0.2) is 0 Å². The lowest BCUT2D eigenvalue weighted by atomic mass is 10.3. The number of rotatable bonds is 6. The minimum absolute atomic E-state index is 0.0291. The fourth-order valence-electron chi connectivity index (χ4n) is 2.67. The molecular formula is C17H21ClN8O2. The van der Waals surface area contributed by atoms with Gasteiger partial charge >= 0.3 is 0 Å². The van der Waals surface area contributed by atoms with Crippen LogP contribution in [-0.4, -0.2) is 41.2 Å². The summed E-state index contributed by atoms with van der Waals surface area (Å²) in [6.07, 6.45) is 4.51. The van der Waals surface area contributed by atoms with Crippen LogP contribution in [0.5, 0.6) is 0 Å². The van der Waals surface area contributed by atoms with Gasteiger partial charge in [0, 0.05) is 13.6 Å². The van der Waals surface area contributed by atoms with Crippen LogP contribution in [0.1, 0.15) is 28.8 Å². The van der Waals surface area contributed by atoms with Crippen molar-refractivity contribution in [3.8, 4) is 0 Å². The highest BCUT2D eigenvalue weighted by molar-refractivity contribution is 6.31. The summed E-state index contributed by atoms with van der Waals surface area (Å²) in [7, 11) is 1.79. The van der Waals surface area contributed by atoms with E-state index in [9.17, 15) is 9.59 Å². The molecule has 0 atom stereocenters. The number of nitrogens with one attached hydrogen (secondary N) is 2. The van der Waals surface area contributed by atoms with Crippen molar-refractivity contribution >= 4 is 34.8 Å². The van der Waals surface area contributed by atoms with E-state index in [0.29, 0.717) is 28.6 Å². The average molecular weight is 405 g/mol. The summed E-state index contributed by atoms with van der Waals surface area (Å²) < 4.78 is 4.67. The van der Waals surface area contributed by atoms with Gasteiger partial charge in [-0.3, -0.25) is 23.6 Å². The zero-order chi connectivity index (χ0) is 20.4. The number of carbonyl (C=O) groups is 2. The van der Waals surface area contributed by atoms with Gasteiger partial charge in [0.2, 0.25) is 5.91 Å². The molecule has 10 nitrogen and oxygen atoms in total. The van der Waals surface area contributed by atoms with E-state index >= 15 is 0 Å². The Morgan fingerprint density at radius 2 is 1.68 bits per heavy atom. The maximum atomic E-state index is 12.8. The summed E-state index contributed by atoms with van der Waals surface area (Å²) in [6, 6.07) is 0. The number of amides is 2. The lowest BCUT2D eigenvalue weighted by Gasteiger charge is -2.10. The monoisotopic (exact) mass is 404 g/mol. The average Bonchev–Trinajstić information content (AvgIpc) is 3.31. The summed E-state index contributed by atoms with van der Waals surface area (Å²) in [5, 5.41) is 18.4. The number of aryl methyl sites for hydroxylation is 2. The van der Waals surface area contributed by atoms with Gasteiger partial charge in [-0.25, -0.2) is 0 Å². The Morgan fingerprint density at radius 1 is 1.00 bits per heavy atom. The summed E-state index contributed by atoms with van der Waals surface area (Å²) >= 11 is 5.97. The molecule has 0 spiro atoms. The second kappa shape index (κ2) is 7.85. The van der Waals surface area contributed by atoms with Crippen LogP contribution in [0.25, 0.3) is 0 Å². The third-order valence-corrected chi connectivity index (χ3v) is 4.82. The molecule has 0 aromatic carbocycles. The summed E-state index contributed by atoms with van der Waals surface area (Å²) in [5.74, 6) is -0.728. The second-order valence-corrected chi connectivity index (χ2v) is 6.63. The molecule has 3 aromatic rings. The van der Waals surface area contributed by atoms with E-state index in [2.05, 4.69) is 25.9 Å². The SMILES string of the molecule is CCn1ncc(NC(=O)Cn2ncc(Cl)c2C)c1C(=O)Nc1cnn(C)c1C. The maximum Gasteiger partial charge on any atom is 0.276 e. The zero-order valence-electron chi connectivity index (χ0n) is 16.0. The fraction of sp³-hybridized carbons (Fsp3) is 0.353. The van der Waals surface area contributed by atoms with Gasteiger partial charge < -0.3 is 10.6 Å². The summed E-state index contributed by atoms with van der Waals surface area (Å²) in [4.78, 5) is 25.3. The first-order valence-corrected chi connectivity index (χ1v) is 9.03. The number of carbonyl (C=O) groups excluding carboxylic acids is 2. The van der Waals surface area contributed by atoms with Gasteiger partial charge in [-0.2, -0.15) is 15.3 Å². The van der Waals surface area contributed by atoms with E-state index in [-0.39, 0.29) is 24.1 Å². The van der Waals surface area contributed by atoms with Gasteiger partial charge in [0.05, 0.1) is 46.4 Å². The van der Waals surface area contributed by atoms with E-state index < -0.39 is 0 Å². The highest BCUT2D eigenvalue weighted by atomic mass is 35.5. The molecule has 3 heterocycles. The van der Waals surface area contributed by atoms with E-state index in [0.717, 1.165) is 5.69 Å². The Balaban J connectivity index is 1.79. The van der Waals surface area contributed by atoms with Crippen LogP contribution in [0.3, 0.4) is 0 Å². The molecule has 0 aliphatic heterocycles. The molecule has 0 aliphatic rings. The zero-order valence-corrected chi connectivity index (χ0v) is 16.8. The normalized spacial score (nSPS) is 10.9. The minimum Gasteiger partial charge on any atom is -0.321 e. The van der Waals surface area contributed by atoms with Gasteiger partial charge in [0.1, 0.15) is 12.2 Å². The number of hydrogen-bond acceptors (Lipinski definition) is 5. The molecule has 0 saturated heterocycles. The quantitative estimate of drug-likeness (QED) is 0.652. The van der Waals surface area contributed by atoms with E-state index in [1.165, 1.54) is 21.8 Å². The Bertz CT molecular complexity index is 1030. The number of hydrogen-bond donors (Lipinski definition) is 2. The lowest BCUT2D eigenvalue weighted by molar-refractivity contribution is -0.116. The topological polar surface area (TPSA) is 112 Å². The van der Waals surface area contributed by atoms with Crippen LogP contribution >= 0.6 is 11.6 Å². The first-order valence-electron chi connectivity index (χ1n) is 8.65. The molecule has 28 heavy (non-hydrogen) atoms. The molecule has 0 radical (unpaired) electrons. The highest BCUT2D eigenvalue weighted by Gasteiger charge is 2.21. The van der Waals surface area contributed by atoms with Crippen molar-refractivity contribution in [2.24, 2.45) is 7.05 Å². The molecule has 2 amide bonds. The number of nitrogens with zero attached hydrogens (tertiary/aromatic N) is 6. The van der Waals surface area contributed by atoms with Crippen molar-refractivity contribution in [2.75, 3.05) is 10.6 Å². The van der Waals surface area contributed by atoms with Crippen LogP contribution in [0.4, 0.5) is 11.4 Å². The molecule has 11 heteroatoms. The largest absolute Gasteiger partial charge is 0.321 e. The van der Waals surface area contributed by atoms with Crippen molar-refractivity contribution in [2.45, 2.75) is 33.9 Å². The second-order valence-electron chi connectivity index (χ2n) is 6.23. The Labute approximate surface area is 166 Å². The Hall–Kier alpha value is -3.14. The van der Waals surface area contributed by atoms with Gasteiger partial charge in [-0.05, 0) is 20.8 Å². The first kappa shape index (κ1) is 19.6. The van der Waals surface area contributed by atoms with Crippen LogP contribution in [0, 0.1) is 13.8 Å². The van der Waals surface area contributed by atoms with Crippen molar-refractivity contribution in [3.05, 3.63) is 40.7 Å². The summed E-state index contributed by atoms with van der Waals surface area (Å²) in [5.41, 5.74) is 2.67. The molecule has 2 N–H and O–H groups in total. The maximum absolute atomic E-state index is 12.8. The van der Waals surface area contributed by atoms with E-state index in [1.807, 2.05) is 13.8 Å². The van der Waals surface area contributed by atoms with E-state index in [4.69, 9.17) is 11.6 Å². The molecule has 0 unspecified atom stereocenters. The lowest BCUT2D eigenvalue weighted by Crippen LogP contribution is -2.23. The van der Waals surface area contributed by atoms with E-state index in [1.54, 1.807) is 24.9 Å². The first-order chi connectivity index (χ1) is 13.3. The predicted octanol–water partition coefficient (Wildman–Crippen LogP) is 1.99. The van der Waals surface area contributed by atoms with Crippen LogP contribution in [0.2, 0.25) is 5.02 Å². The van der Waals surface area contributed by atoms with Gasteiger partial charge in [-0.1, -0.05) is 11.6 Å². The number of anilines is 2. The molecule has 0 bridgehead atoms. The smallest absolute Gasteiger partial charge is 0.276 e. The van der Waals surface area contributed by atoms with Gasteiger partial charge in [-0.15, -0.1) is 0 Å².